The summed E-state index contributed by atoms with van der Waals surface area (Å²) in [6.45, 7) is 2.54. The second kappa shape index (κ2) is 7.73. The minimum atomic E-state index is -0.489. The Morgan fingerprint density at radius 1 is 1.18 bits per heavy atom. The number of H-pyrrole nitrogens is 1. The first-order valence-electron chi connectivity index (χ1n) is 9.67. The summed E-state index contributed by atoms with van der Waals surface area (Å²) in [4.78, 5) is 15.4. The number of piperidine rings is 1. The van der Waals surface area contributed by atoms with Crippen LogP contribution in [0.4, 0.5) is 4.39 Å². The van der Waals surface area contributed by atoms with Crippen LogP contribution in [-0.4, -0.2) is 31.0 Å². The standard InChI is InChI=1S/C22H25FN4O/c1-25-11-13-6-15(8-17(23)7-13)16-9-18-20(14-2-4-26-5-3-14)12-27-21(18)19(10-16)22(24)28/h6-10,12,14,25-27H,2-5,11H2,1H3,(H2,24,28). The summed E-state index contributed by atoms with van der Waals surface area (Å²) in [6, 6.07) is 8.77. The second-order valence-electron chi connectivity index (χ2n) is 7.46. The summed E-state index contributed by atoms with van der Waals surface area (Å²) in [5.41, 5.74) is 10.5. The molecular weight excluding hydrogens is 355 g/mol. The van der Waals surface area contributed by atoms with Gasteiger partial charge in [0, 0.05) is 18.1 Å². The van der Waals surface area contributed by atoms with Gasteiger partial charge in [-0.25, -0.2) is 4.39 Å². The van der Waals surface area contributed by atoms with E-state index in [2.05, 4.69) is 15.6 Å². The number of aromatic amines is 1. The molecular formula is C22H25FN4O. The summed E-state index contributed by atoms with van der Waals surface area (Å²) < 4.78 is 14.2. The molecule has 146 valence electrons. The molecule has 0 saturated carbocycles. The molecule has 4 rings (SSSR count). The lowest BCUT2D eigenvalue weighted by Crippen LogP contribution is -2.26. The number of aromatic nitrogens is 1. The molecule has 28 heavy (non-hydrogen) atoms. The van der Waals surface area contributed by atoms with E-state index in [1.165, 1.54) is 17.7 Å². The van der Waals surface area contributed by atoms with E-state index in [0.29, 0.717) is 18.0 Å². The SMILES string of the molecule is CNCc1cc(F)cc(-c2cc(C(N)=O)c3[nH]cc(C4CCNCC4)c3c2)c1. The first-order chi connectivity index (χ1) is 13.6. The molecule has 0 unspecified atom stereocenters. The summed E-state index contributed by atoms with van der Waals surface area (Å²) >= 11 is 0. The Bertz CT molecular complexity index is 1020. The molecule has 6 heteroatoms. The maximum absolute atomic E-state index is 14.2. The van der Waals surface area contributed by atoms with E-state index in [1.807, 2.05) is 25.4 Å². The van der Waals surface area contributed by atoms with Crippen LogP contribution in [-0.2, 0) is 6.54 Å². The molecule has 1 aromatic heterocycles. The number of primary amides is 1. The van der Waals surface area contributed by atoms with Crippen molar-refractivity contribution >= 4 is 16.8 Å². The van der Waals surface area contributed by atoms with Gasteiger partial charge in [-0.1, -0.05) is 0 Å². The van der Waals surface area contributed by atoms with Gasteiger partial charge in [0.1, 0.15) is 5.82 Å². The van der Waals surface area contributed by atoms with Crippen LogP contribution in [0.2, 0.25) is 0 Å². The molecule has 1 fully saturated rings. The van der Waals surface area contributed by atoms with Gasteiger partial charge in [-0.15, -0.1) is 0 Å². The summed E-state index contributed by atoms with van der Waals surface area (Å²) in [7, 11) is 1.83. The molecule has 0 atom stereocenters. The smallest absolute Gasteiger partial charge is 0.250 e. The molecule has 1 saturated heterocycles. The van der Waals surface area contributed by atoms with Crippen LogP contribution >= 0.6 is 0 Å². The number of hydrogen-bond donors (Lipinski definition) is 4. The number of amides is 1. The fourth-order valence-corrected chi connectivity index (χ4v) is 4.21. The van der Waals surface area contributed by atoms with Gasteiger partial charge in [-0.2, -0.15) is 0 Å². The second-order valence-corrected chi connectivity index (χ2v) is 7.46. The highest BCUT2D eigenvalue weighted by Gasteiger charge is 2.21. The van der Waals surface area contributed by atoms with E-state index in [-0.39, 0.29) is 5.82 Å². The maximum atomic E-state index is 14.2. The lowest BCUT2D eigenvalue weighted by atomic mass is 9.88. The zero-order chi connectivity index (χ0) is 19.7. The minimum absolute atomic E-state index is 0.295. The summed E-state index contributed by atoms with van der Waals surface area (Å²) in [5, 5.41) is 7.43. The normalized spacial score (nSPS) is 15.2. The number of rotatable bonds is 5. The third kappa shape index (κ3) is 3.53. The zero-order valence-electron chi connectivity index (χ0n) is 15.9. The Morgan fingerprint density at radius 3 is 2.64 bits per heavy atom. The summed E-state index contributed by atoms with van der Waals surface area (Å²) in [6.07, 6.45) is 4.10. The van der Waals surface area contributed by atoms with Crippen molar-refractivity contribution in [2.45, 2.75) is 25.3 Å². The molecule has 2 aromatic carbocycles. The van der Waals surface area contributed by atoms with E-state index < -0.39 is 5.91 Å². The highest BCUT2D eigenvalue weighted by Crippen LogP contribution is 2.36. The number of benzene rings is 2. The molecule has 1 amide bonds. The van der Waals surface area contributed by atoms with Crippen molar-refractivity contribution in [1.82, 2.24) is 15.6 Å². The van der Waals surface area contributed by atoms with Gasteiger partial charge < -0.3 is 21.4 Å². The number of carbonyl (C=O) groups is 1. The number of nitrogens with two attached hydrogens (primary N) is 1. The third-order valence-electron chi connectivity index (χ3n) is 5.54. The Hall–Kier alpha value is -2.70. The molecule has 1 aliphatic rings. The Labute approximate surface area is 163 Å². The molecule has 2 heterocycles. The van der Waals surface area contributed by atoms with Crippen LogP contribution < -0.4 is 16.4 Å². The highest BCUT2D eigenvalue weighted by atomic mass is 19.1. The van der Waals surface area contributed by atoms with Crippen LogP contribution in [0.1, 0.15) is 40.2 Å². The number of carbonyl (C=O) groups excluding carboxylic acids is 1. The Morgan fingerprint density at radius 2 is 1.93 bits per heavy atom. The average Bonchev–Trinajstić information content (AvgIpc) is 3.11. The van der Waals surface area contributed by atoms with Crippen molar-refractivity contribution < 1.29 is 9.18 Å². The largest absolute Gasteiger partial charge is 0.366 e. The Kier molecular flexibility index (Phi) is 5.15. The molecule has 3 aromatic rings. The lowest BCUT2D eigenvalue weighted by molar-refractivity contribution is 0.100. The first kappa shape index (κ1) is 18.7. The van der Waals surface area contributed by atoms with Gasteiger partial charge in [0.2, 0.25) is 0 Å². The summed E-state index contributed by atoms with van der Waals surface area (Å²) in [5.74, 6) is -0.355. The van der Waals surface area contributed by atoms with Gasteiger partial charge in [-0.05, 0) is 91.5 Å². The van der Waals surface area contributed by atoms with Gasteiger partial charge in [-0.3, -0.25) is 4.79 Å². The van der Waals surface area contributed by atoms with E-state index in [1.54, 1.807) is 6.07 Å². The highest BCUT2D eigenvalue weighted by molar-refractivity contribution is 6.07. The molecule has 0 spiro atoms. The number of halogens is 1. The first-order valence-corrected chi connectivity index (χ1v) is 9.67. The van der Waals surface area contributed by atoms with Crippen molar-refractivity contribution in [2.24, 2.45) is 5.73 Å². The van der Waals surface area contributed by atoms with Crippen molar-refractivity contribution in [2.75, 3.05) is 20.1 Å². The third-order valence-corrected chi connectivity index (χ3v) is 5.54. The predicted octanol–water partition coefficient (Wildman–Crippen LogP) is 3.26. The van der Waals surface area contributed by atoms with Gasteiger partial charge in [0.05, 0.1) is 11.1 Å². The predicted molar refractivity (Wildman–Crippen MR) is 110 cm³/mol. The monoisotopic (exact) mass is 380 g/mol. The van der Waals surface area contributed by atoms with Crippen molar-refractivity contribution in [1.29, 1.82) is 0 Å². The van der Waals surface area contributed by atoms with E-state index in [0.717, 1.165) is 53.5 Å². The number of fused-ring (bicyclic) bond motifs is 1. The van der Waals surface area contributed by atoms with Crippen molar-refractivity contribution in [3.8, 4) is 11.1 Å². The van der Waals surface area contributed by atoms with E-state index >= 15 is 0 Å². The number of hydrogen-bond acceptors (Lipinski definition) is 3. The molecule has 5 nitrogen and oxygen atoms in total. The van der Waals surface area contributed by atoms with Gasteiger partial charge >= 0.3 is 0 Å². The van der Waals surface area contributed by atoms with Crippen molar-refractivity contribution in [3.05, 3.63) is 59.0 Å². The van der Waals surface area contributed by atoms with Crippen LogP contribution in [0.15, 0.2) is 36.5 Å². The molecule has 5 N–H and O–H groups in total. The average molecular weight is 380 g/mol. The minimum Gasteiger partial charge on any atom is -0.366 e. The molecule has 0 bridgehead atoms. The van der Waals surface area contributed by atoms with Gasteiger partial charge in [0.25, 0.3) is 5.91 Å². The van der Waals surface area contributed by atoms with Crippen LogP contribution in [0.25, 0.3) is 22.0 Å². The quantitative estimate of drug-likeness (QED) is 0.548. The van der Waals surface area contributed by atoms with Crippen molar-refractivity contribution in [3.63, 3.8) is 0 Å². The fraction of sp³-hybridized carbons (Fsp3) is 0.318. The van der Waals surface area contributed by atoms with Crippen LogP contribution in [0.5, 0.6) is 0 Å². The topological polar surface area (TPSA) is 82.9 Å². The van der Waals surface area contributed by atoms with E-state index in [4.69, 9.17) is 5.73 Å². The van der Waals surface area contributed by atoms with E-state index in [9.17, 15) is 9.18 Å². The maximum Gasteiger partial charge on any atom is 0.250 e. The van der Waals surface area contributed by atoms with Crippen LogP contribution in [0.3, 0.4) is 0 Å². The lowest BCUT2D eigenvalue weighted by Gasteiger charge is -2.22. The van der Waals surface area contributed by atoms with Crippen LogP contribution in [0, 0.1) is 5.82 Å². The fourth-order valence-electron chi connectivity index (χ4n) is 4.21. The Balaban J connectivity index is 1.88. The molecule has 0 radical (unpaired) electrons. The molecule has 1 aliphatic heterocycles. The molecule has 0 aliphatic carbocycles. The zero-order valence-corrected chi connectivity index (χ0v) is 15.9. The van der Waals surface area contributed by atoms with Gasteiger partial charge in [0.15, 0.2) is 0 Å². The number of nitrogens with one attached hydrogen (secondary N) is 3.